The van der Waals surface area contributed by atoms with E-state index in [1.54, 1.807) is 12.1 Å². The van der Waals surface area contributed by atoms with Gasteiger partial charge in [0.25, 0.3) is 5.91 Å². The predicted octanol–water partition coefficient (Wildman–Crippen LogP) is 5.17. The number of hydrogen-bond donors (Lipinski definition) is 1. The van der Waals surface area contributed by atoms with E-state index in [1.807, 2.05) is 26.0 Å². The summed E-state index contributed by atoms with van der Waals surface area (Å²) >= 11 is 0. The highest BCUT2D eigenvalue weighted by molar-refractivity contribution is 5.94. The van der Waals surface area contributed by atoms with E-state index in [0.717, 1.165) is 29.1 Å². The summed E-state index contributed by atoms with van der Waals surface area (Å²) in [5, 5.41) is 6.95. The molecule has 0 saturated carbocycles. The second-order valence-corrected chi connectivity index (χ2v) is 8.93. The molecule has 1 unspecified atom stereocenters. The third-order valence-corrected chi connectivity index (χ3v) is 6.46. The molecule has 1 aliphatic rings. The van der Waals surface area contributed by atoms with Gasteiger partial charge in [0.05, 0.1) is 11.3 Å². The molecule has 0 bridgehead atoms. The van der Waals surface area contributed by atoms with Crippen LogP contribution in [-0.2, 0) is 19.7 Å². The number of benzene rings is 2. The van der Waals surface area contributed by atoms with E-state index in [-0.39, 0.29) is 5.91 Å². The summed E-state index contributed by atoms with van der Waals surface area (Å²) in [7, 11) is 0. The number of aromatic nitrogens is 1. The Balaban J connectivity index is 1.29. The number of likely N-dealkylation sites (tertiary alicyclic amines) is 1. The summed E-state index contributed by atoms with van der Waals surface area (Å²) < 4.78 is 11.0. The number of amides is 1. The molecule has 1 atom stereocenters. The zero-order chi connectivity index (χ0) is 23.2. The average molecular weight is 448 g/mol. The Morgan fingerprint density at radius 3 is 2.67 bits per heavy atom. The van der Waals surface area contributed by atoms with Crippen LogP contribution in [0.15, 0.2) is 53.1 Å². The highest BCUT2D eigenvalue weighted by atomic mass is 16.5. The second kappa shape index (κ2) is 10.7. The summed E-state index contributed by atoms with van der Waals surface area (Å²) in [5.41, 5.74) is 4.73. The lowest BCUT2D eigenvalue weighted by Crippen LogP contribution is -2.36. The van der Waals surface area contributed by atoms with Gasteiger partial charge in [-0.2, -0.15) is 0 Å². The van der Waals surface area contributed by atoms with Crippen LogP contribution in [0.25, 0.3) is 0 Å². The van der Waals surface area contributed by atoms with Crippen molar-refractivity contribution in [1.82, 2.24) is 15.4 Å². The number of nitrogens with zero attached hydrogens (tertiary/aromatic N) is 2. The van der Waals surface area contributed by atoms with Gasteiger partial charge in [-0.25, -0.2) is 0 Å². The molecule has 6 nitrogen and oxygen atoms in total. The standard InChI is InChI=1S/C27H33N3O3/c1-19-7-4-5-14-30(19)17-23-12-10-22(11-13-23)16-28-27(31)24-8-6-9-25(15-24)32-18-26-20(2)29-33-21(26)3/h6,8-13,15,19H,4-5,7,14,16-18H2,1-3H3,(H,28,31). The summed E-state index contributed by atoms with van der Waals surface area (Å²) in [6, 6.07) is 16.4. The van der Waals surface area contributed by atoms with Crippen molar-refractivity contribution >= 4 is 5.91 Å². The number of aryl methyl sites for hydroxylation is 2. The average Bonchev–Trinajstić information content (AvgIpc) is 3.15. The van der Waals surface area contributed by atoms with Gasteiger partial charge in [-0.1, -0.05) is 41.9 Å². The van der Waals surface area contributed by atoms with Crippen molar-refractivity contribution in [3.05, 3.63) is 82.2 Å². The molecule has 2 aromatic carbocycles. The third kappa shape index (κ3) is 6.02. The molecule has 1 saturated heterocycles. The highest BCUT2D eigenvalue weighted by Gasteiger charge is 2.18. The Hall–Kier alpha value is -3.12. The fourth-order valence-electron chi connectivity index (χ4n) is 4.26. The maximum Gasteiger partial charge on any atom is 0.251 e. The van der Waals surface area contributed by atoms with Crippen molar-refractivity contribution < 1.29 is 14.1 Å². The summed E-state index contributed by atoms with van der Waals surface area (Å²) in [6.07, 6.45) is 3.92. The van der Waals surface area contributed by atoms with Gasteiger partial charge < -0.3 is 14.6 Å². The molecule has 1 aromatic heterocycles. The van der Waals surface area contributed by atoms with Gasteiger partial charge in [0.1, 0.15) is 18.1 Å². The predicted molar refractivity (Wildman–Crippen MR) is 128 cm³/mol. The monoisotopic (exact) mass is 447 g/mol. The number of hydrogen-bond acceptors (Lipinski definition) is 5. The minimum atomic E-state index is -0.121. The first-order valence-corrected chi connectivity index (χ1v) is 11.7. The molecule has 4 rings (SSSR count). The number of piperidine rings is 1. The van der Waals surface area contributed by atoms with Crippen LogP contribution in [0.3, 0.4) is 0 Å². The first-order valence-electron chi connectivity index (χ1n) is 11.7. The minimum absolute atomic E-state index is 0.121. The first kappa shape index (κ1) is 23.1. The topological polar surface area (TPSA) is 67.6 Å². The third-order valence-electron chi connectivity index (χ3n) is 6.46. The molecular formula is C27H33N3O3. The van der Waals surface area contributed by atoms with E-state index in [4.69, 9.17) is 9.26 Å². The van der Waals surface area contributed by atoms with Crippen molar-refractivity contribution in [3.63, 3.8) is 0 Å². The molecule has 1 N–H and O–H groups in total. The van der Waals surface area contributed by atoms with Crippen LogP contribution in [0.2, 0.25) is 0 Å². The lowest BCUT2D eigenvalue weighted by molar-refractivity contribution is 0.0950. The van der Waals surface area contributed by atoms with Crippen LogP contribution in [0.1, 0.15) is 64.7 Å². The van der Waals surface area contributed by atoms with E-state index in [1.165, 1.54) is 31.4 Å². The summed E-state index contributed by atoms with van der Waals surface area (Å²) in [4.78, 5) is 15.2. The van der Waals surface area contributed by atoms with Gasteiger partial charge in [0.2, 0.25) is 0 Å². The van der Waals surface area contributed by atoms with Gasteiger partial charge in [-0.15, -0.1) is 0 Å². The van der Waals surface area contributed by atoms with E-state index in [9.17, 15) is 4.79 Å². The van der Waals surface area contributed by atoms with Crippen LogP contribution in [-0.4, -0.2) is 28.6 Å². The van der Waals surface area contributed by atoms with Crippen LogP contribution in [0, 0.1) is 13.8 Å². The fourth-order valence-corrected chi connectivity index (χ4v) is 4.26. The molecular weight excluding hydrogens is 414 g/mol. The van der Waals surface area contributed by atoms with Crippen LogP contribution in [0.4, 0.5) is 0 Å². The number of rotatable bonds is 8. The molecule has 3 aromatic rings. The summed E-state index contributed by atoms with van der Waals surface area (Å²) in [6.45, 7) is 9.09. The van der Waals surface area contributed by atoms with E-state index in [0.29, 0.717) is 30.5 Å². The second-order valence-electron chi connectivity index (χ2n) is 8.93. The molecule has 1 amide bonds. The molecule has 2 heterocycles. The van der Waals surface area contributed by atoms with Crippen LogP contribution < -0.4 is 10.1 Å². The number of nitrogens with one attached hydrogen (secondary N) is 1. The summed E-state index contributed by atoms with van der Waals surface area (Å²) in [5.74, 6) is 1.26. The van der Waals surface area contributed by atoms with Gasteiger partial charge in [-0.3, -0.25) is 9.69 Å². The van der Waals surface area contributed by atoms with Crippen molar-refractivity contribution in [2.45, 2.75) is 65.8 Å². The molecule has 0 aliphatic carbocycles. The molecule has 1 aliphatic heterocycles. The van der Waals surface area contributed by atoms with Crippen molar-refractivity contribution in [2.24, 2.45) is 0 Å². The molecule has 0 radical (unpaired) electrons. The minimum Gasteiger partial charge on any atom is -0.489 e. The highest BCUT2D eigenvalue weighted by Crippen LogP contribution is 2.20. The zero-order valence-corrected chi connectivity index (χ0v) is 19.8. The fraction of sp³-hybridized carbons (Fsp3) is 0.407. The number of carbonyl (C=O) groups excluding carboxylic acids is 1. The lowest BCUT2D eigenvalue weighted by Gasteiger charge is -2.33. The van der Waals surface area contributed by atoms with Gasteiger partial charge >= 0.3 is 0 Å². The maximum atomic E-state index is 12.7. The van der Waals surface area contributed by atoms with Crippen molar-refractivity contribution in [2.75, 3.05) is 6.54 Å². The van der Waals surface area contributed by atoms with Crippen molar-refractivity contribution in [3.8, 4) is 5.75 Å². The first-order chi connectivity index (χ1) is 16.0. The molecule has 33 heavy (non-hydrogen) atoms. The Morgan fingerprint density at radius 2 is 1.94 bits per heavy atom. The van der Waals surface area contributed by atoms with Gasteiger partial charge in [0.15, 0.2) is 0 Å². The van der Waals surface area contributed by atoms with Crippen molar-refractivity contribution in [1.29, 1.82) is 0 Å². The molecule has 6 heteroatoms. The van der Waals surface area contributed by atoms with E-state index < -0.39 is 0 Å². The maximum absolute atomic E-state index is 12.7. The SMILES string of the molecule is Cc1noc(C)c1COc1cccc(C(=O)NCc2ccc(CN3CCCCC3C)cc2)c1. The largest absolute Gasteiger partial charge is 0.489 e. The lowest BCUT2D eigenvalue weighted by atomic mass is 10.0. The Bertz CT molecular complexity index is 1050. The van der Waals surface area contributed by atoms with Crippen LogP contribution in [0.5, 0.6) is 5.75 Å². The molecule has 1 fully saturated rings. The van der Waals surface area contributed by atoms with Gasteiger partial charge in [-0.05, 0) is 69.5 Å². The van der Waals surface area contributed by atoms with Crippen LogP contribution >= 0.6 is 0 Å². The number of carbonyl (C=O) groups is 1. The Labute approximate surface area is 195 Å². The number of ether oxygens (including phenoxy) is 1. The zero-order valence-electron chi connectivity index (χ0n) is 19.8. The Kier molecular flexibility index (Phi) is 7.45. The Morgan fingerprint density at radius 1 is 1.15 bits per heavy atom. The van der Waals surface area contributed by atoms with E-state index >= 15 is 0 Å². The smallest absolute Gasteiger partial charge is 0.251 e. The molecule has 174 valence electrons. The van der Waals surface area contributed by atoms with Gasteiger partial charge in [0, 0.05) is 24.7 Å². The quantitative estimate of drug-likeness (QED) is 0.516. The van der Waals surface area contributed by atoms with E-state index in [2.05, 4.69) is 46.6 Å². The normalized spacial score (nSPS) is 16.5. The molecule has 0 spiro atoms.